The van der Waals surface area contributed by atoms with E-state index in [-0.39, 0.29) is 5.82 Å². The van der Waals surface area contributed by atoms with E-state index < -0.39 is 0 Å². The fourth-order valence-electron chi connectivity index (χ4n) is 1.93. The van der Waals surface area contributed by atoms with Crippen LogP contribution < -0.4 is 0 Å². The van der Waals surface area contributed by atoms with Crippen molar-refractivity contribution in [3.8, 4) is 0 Å². The number of benzene rings is 1. The number of aromatic nitrogens is 1. The second-order valence-corrected chi connectivity index (χ2v) is 3.96. The predicted molar refractivity (Wildman–Crippen MR) is 84.2 cm³/mol. The minimum Gasteiger partial charge on any atom is -0.361 e. The molecule has 0 atom stereocenters. The molecule has 0 spiro atoms. The Morgan fingerprint density at radius 3 is 2.37 bits per heavy atom. The SMILES string of the molecule is CC.CC.CCCCCc1c[nH]c2cc(F)ccc12. The smallest absolute Gasteiger partial charge is 0.125 e. The third-order valence-corrected chi connectivity index (χ3v) is 2.78. The molecule has 0 amide bonds. The molecule has 19 heavy (non-hydrogen) atoms. The Balaban J connectivity index is 0.000000741. The number of hydrogen-bond donors (Lipinski definition) is 1. The maximum atomic E-state index is 12.9. The molecule has 2 rings (SSSR count). The first-order valence-electron chi connectivity index (χ1n) is 7.57. The van der Waals surface area contributed by atoms with Gasteiger partial charge in [0, 0.05) is 17.1 Å². The van der Waals surface area contributed by atoms with Crippen molar-refractivity contribution in [2.75, 3.05) is 0 Å². The van der Waals surface area contributed by atoms with Crippen LogP contribution in [0.25, 0.3) is 10.9 Å². The second kappa shape index (κ2) is 10.6. The highest BCUT2D eigenvalue weighted by Crippen LogP contribution is 2.20. The zero-order valence-electron chi connectivity index (χ0n) is 13.0. The van der Waals surface area contributed by atoms with Crippen molar-refractivity contribution in [2.45, 2.75) is 60.3 Å². The summed E-state index contributed by atoms with van der Waals surface area (Å²) in [5, 5.41) is 1.16. The average Bonchev–Trinajstić information content (AvgIpc) is 2.86. The van der Waals surface area contributed by atoms with E-state index in [1.807, 2.05) is 40.0 Å². The van der Waals surface area contributed by atoms with Gasteiger partial charge in [0.25, 0.3) is 0 Å². The van der Waals surface area contributed by atoms with Crippen LogP contribution in [0.4, 0.5) is 4.39 Å². The zero-order valence-corrected chi connectivity index (χ0v) is 13.0. The highest BCUT2D eigenvalue weighted by atomic mass is 19.1. The van der Waals surface area contributed by atoms with Crippen LogP contribution in [0.2, 0.25) is 0 Å². The summed E-state index contributed by atoms with van der Waals surface area (Å²) in [6.45, 7) is 10.2. The molecule has 108 valence electrons. The zero-order chi connectivity index (χ0) is 14.7. The summed E-state index contributed by atoms with van der Waals surface area (Å²) >= 11 is 0. The van der Waals surface area contributed by atoms with E-state index in [1.165, 1.54) is 30.9 Å². The monoisotopic (exact) mass is 265 g/mol. The molecule has 1 N–H and O–H groups in total. The van der Waals surface area contributed by atoms with Gasteiger partial charge in [0.15, 0.2) is 0 Å². The van der Waals surface area contributed by atoms with E-state index in [0.717, 1.165) is 17.3 Å². The Morgan fingerprint density at radius 2 is 1.74 bits per heavy atom. The van der Waals surface area contributed by atoms with Crippen LogP contribution in [0.1, 0.15) is 59.4 Å². The molecule has 2 heteroatoms. The molecular weight excluding hydrogens is 237 g/mol. The first-order chi connectivity index (χ1) is 9.31. The van der Waals surface area contributed by atoms with E-state index in [0.29, 0.717) is 0 Å². The Labute approximate surface area is 117 Å². The molecular formula is C17H28FN. The highest BCUT2D eigenvalue weighted by Gasteiger charge is 2.03. The summed E-state index contributed by atoms with van der Waals surface area (Å²) in [6, 6.07) is 4.95. The van der Waals surface area contributed by atoms with Gasteiger partial charge in [-0.1, -0.05) is 47.5 Å². The molecule has 1 heterocycles. The van der Waals surface area contributed by atoms with Crippen LogP contribution in [0.5, 0.6) is 0 Å². The minimum atomic E-state index is -0.176. The lowest BCUT2D eigenvalue weighted by Gasteiger charge is -1.98. The van der Waals surface area contributed by atoms with Crippen molar-refractivity contribution in [1.29, 1.82) is 0 Å². The van der Waals surface area contributed by atoms with Gasteiger partial charge in [-0.15, -0.1) is 0 Å². The van der Waals surface area contributed by atoms with Gasteiger partial charge in [0.2, 0.25) is 0 Å². The number of hydrogen-bond acceptors (Lipinski definition) is 0. The van der Waals surface area contributed by atoms with Gasteiger partial charge in [0.1, 0.15) is 5.82 Å². The molecule has 0 saturated heterocycles. The first-order valence-corrected chi connectivity index (χ1v) is 7.57. The van der Waals surface area contributed by atoms with Crippen LogP contribution in [0.3, 0.4) is 0 Å². The standard InChI is InChI=1S/C13H16FN.2C2H6/c1-2-3-4-5-10-9-15-13-8-11(14)6-7-12(10)13;2*1-2/h6-9,15H,2-5H2,1H3;2*1-2H3. The summed E-state index contributed by atoms with van der Waals surface area (Å²) in [4.78, 5) is 3.12. The third-order valence-electron chi connectivity index (χ3n) is 2.78. The third kappa shape index (κ3) is 5.46. The minimum absolute atomic E-state index is 0.176. The molecule has 1 aromatic heterocycles. The summed E-state index contributed by atoms with van der Waals surface area (Å²) in [5.41, 5.74) is 2.21. The van der Waals surface area contributed by atoms with Gasteiger partial charge >= 0.3 is 0 Å². The molecule has 0 aliphatic carbocycles. The summed E-state index contributed by atoms with van der Waals surface area (Å²) in [5.74, 6) is -0.176. The number of rotatable bonds is 4. The van der Waals surface area contributed by atoms with Gasteiger partial charge in [-0.05, 0) is 36.6 Å². The van der Waals surface area contributed by atoms with Crippen molar-refractivity contribution in [3.05, 3.63) is 35.8 Å². The van der Waals surface area contributed by atoms with E-state index in [2.05, 4.69) is 11.9 Å². The molecule has 1 aromatic carbocycles. The number of aromatic amines is 1. The van der Waals surface area contributed by atoms with Crippen LogP contribution >= 0.6 is 0 Å². The van der Waals surface area contributed by atoms with Crippen molar-refractivity contribution in [1.82, 2.24) is 4.98 Å². The van der Waals surface area contributed by atoms with E-state index >= 15 is 0 Å². The lowest BCUT2D eigenvalue weighted by atomic mass is 10.1. The molecule has 0 bridgehead atoms. The maximum absolute atomic E-state index is 12.9. The van der Waals surface area contributed by atoms with Gasteiger partial charge in [-0.3, -0.25) is 0 Å². The lowest BCUT2D eigenvalue weighted by molar-refractivity contribution is 0.629. The molecule has 2 aromatic rings. The van der Waals surface area contributed by atoms with E-state index in [4.69, 9.17) is 0 Å². The van der Waals surface area contributed by atoms with Crippen LogP contribution in [-0.2, 0) is 6.42 Å². The Kier molecular flexibility index (Phi) is 9.87. The number of fused-ring (bicyclic) bond motifs is 1. The summed E-state index contributed by atoms with van der Waals surface area (Å²) < 4.78 is 12.9. The molecule has 0 aliphatic heterocycles. The Hall–Kier alpha value is -1.31. The quantitative estimate of drug-likeness (QED) is 0.644. The van der Waals surface area contributed by atoms with Gasteiger partial charge in [-0.2, -0.15) is 0 Å². The fraction of sp³-hybridized carbons (Fsp3) is 0.529. The summed E-state index contributed by atoms with van der Waals surface area (Å²) in [7, 11) is 0. The normalized spacial score (nSPS) is 9.37. The molecule has 0 unspecified atom stereocenters. The van der Waals surface area contributed by atoms with Crippen molar-refractivity contribution < 1.29 is 4.39 Å². The van der Waals surface area contributed by atoms with Gasteiger partial charge in [0.05, 0.1) is 0 Å². The lowest BCUT2D eigenvalue weighted by Crippen LogP contribution is -1.83. The van der Waals surface area contributed by atoms with Gasteiger partial charge in [-0.25, -0.2) is 4.39 Å². The van der Waals surface area contributed by atoms with E-state index in [1.54, 1.807) is 6.07 Å². The van der Waals surface area contributed by atoms with Crippen molar-refractivity contribution in [2.24, 2.45) is 0 Å². The Morgan fingerprint density at radius 1 is 1.05 bits per heavy atom. The molecule has 0 radical (unpaired) electrons. The number of aryl methyl sites for hydroxylation is 1. The van der Waals surface area contributed by atoms with Crippen molar-refractivity contribution in [3.63, 3.8) is 0 Å². The molecule has 0 saturated carbocycles. The summed E-state index contributed by atoms with van der Waals surface area (Å²) in [6.07, 6.45) is 6.78. The molecule has 0 aliphatic rings. The Bertz CT molecular complexity index is 445. The predicted octanol–water partition coefficient (Wildman–Crippen LogP) is 6.09. The van der Waals surface area contributed by atoms with Crippen molar-refractivity contribution >= 4 is 10.9 Å². The van der Waals surface area contributed by atoms with Crippen LogP contribution in [0.15, 0.2) is 24.4 Å². The maximum Gasteiger partial charge on any atom is 0.125 e. The highest BCUT2D eigenvalue weighted by molar-refractivity contribution is 5.83. The number of H-pyrrole nitrogens is 1. The first kappa shape index (κ1) is 17.7. The average molecular weight is 265 g/mol. The fourth-order valence-corrected chi connectivity index (χ4v) is 1.93. The number of halogens is 1. The van der Waals surface area contributed by atoms with Crippen LogP contribution in [0, 0.1) is 5.82 Å². The largest absolute Gasteiger partial charge is 0.361 e. The van der Waals surface area contributed by atoms with Crippen LogP contribution in [-0.4, -0.2) is 4.98 Å². The number of unbranched alkanes of at least 4 members (excludes halogenated alkanes) is 2. The topological polar surface area (TPSA) is 15.8 Å². The van der Waals surface area contributed by atoms with E-state index in [9.17, 15) is 4.39 Å². The molecule has 0 fully saturated rings. The number of nitrogens with one attached hydrogen (secondary N) is 1. The second-order valence-electron chi connectivity index (χ2n) is 3.96. The van der Waals surface area contributed by atoms with Gasteiger partial charge < -0.3 is 4.98 Å². The molecule has 1 nitrogen and oxygen atoms in total.